The molecule has 1 amide bonds. The lowest BCUT2D eigenvalue weighted by atomic mass is 10.1. The van der Waals surface area contributed by atoms with Gasteiger partial charge in [-0.15, -0.1) is 10.2 Å². The van der Waals surface area contributed by atoms with Crippen LogP contribution in [0.4, 0.5) is 0 Å². The number of amides is 1. The van der Waals surface area contributed by atoms with Crippen molar-refractivity contribution in [1.29, 1.82) is 0 Å². The van der Waals surface area contributed by atoms with E-state index in [2.05, 4.69) is 15.5 Å². The van der Waals surface area contributed by atoms with Gasteiger partial charge in [-0.25, -0.2) is 0 Å². The lowest BCUT2D eigenvalue weighted by Crippen LogP contribution is -2.27. The average Bonchev–Trinajstić information content (AvgIpc) is 3.26. The summed E-state index contributed by atoms with van der Waals surface area (Å²) >= 11 is 1.33. The summed E-state index contributed by atoms with van der Waals surface area (Å²) in [5, 5.41) is 11.6. The van der Waals surface area contributed by atoms with Gasteiger partial charge in [0.15, 0.2) is 16.7 Å². The Labute approximate surface area is 179 Å². The molecule has 1 N–H and O–H groups in total. The van der Waals surface area contributed by atoms with Gasteiger partial charge in [-0.3, -0.25) is 9.36 Å². The van der Waals surface area contributed by atoms with E-state index in [1.807, 2.05) is 47.0 Å². The second-order valence-electron chi connectivity index (χ2n) is 6.26. The first-order valence-electron chi connectivity index (χ1n) is 9.29. The number of carbonyl (C=O) groups is 1. The standard InChI is InChI=1S/C21H24N4O4S/c1-27-17-7-5-16(6-8-17)25-14-23-24-21(25)30-13-20(26)22-11-10-15-4-9-18(28-2)19(12-15)29-3/h4-9,12,14H,10-11,13H2,1-3H3,(H,22,26). The Bertz CT molecular complexity index is 975. The number of methoxy groups -OCH3 is 3. The van der Waals surface area contributed by atoms with Gasteiger partial charge in [0.1, 0.15) is 12.1 Å². The first-order valence-corrected chi connectivity index (χ1v) is 10.3. The van der Waals surface area contributed by atoms with Crippen molar-refractivity contribution in [3.63, 3.8) is 0 Å². The number of nitrogens with one attached hydrogen (secondary N) is 1. The van der Waals surface area contributed by atoms with Gasteiger partial charge in [0, 0.05) is 12.2 Å². The predicted octanol–water partition coefficient (Wildman–Crippen LogP) is 2.74. The molecule has 158 valence electrons. The summed E-state index contributed by atoms with van der Waals surface area (Å²) in [7, 11) is 4.83. The summed E-state index contributed by atoms with van der Waals surface area (Å²) in [6, 6.07) is 13.3. The minimum absolute atomic E-state index is 0.0650. The number of benzene rings is 2. The maximum Gasteiger partial charge on any atom is 0.230 e. The van der Waals surface area contributed by atoms with Crippen LogP contribution in [0.25, 0.3) is 5.69 Å². The van der Waals surface area contributed by atoms with Gasteiger partial charge in [-0.05, 0) is 48.4 Å². The van der Waals surface area contributed by atoms with E-state index in [9.17, 15) is 4.79 Å². The molecule has 9 heteroatoms. The molecule has 0 saturated carbocycles. The summed E-state index contributed by atoms with van der Waals surface area (Å²) in [6.45, 7) is 0.528. The van der Waals surface area contributed by atoms with Gasteiger partial charge in [0.05, 0.1) is 27.1 Å². The van der Waals surface area contributed by atoms with Crippen LogP contribution < -0.4 is 19.5 Å². The predicted molar refractivity (Wildman–Crippen MR) is 115 cm³/mol. The first kappa shape index (κ1) is 21.5. The molecule has 1 aromatic heterocycles. The zero-order valence-electron chi connectivity index (χ0n) is 17.1. The molecule has 3 rings (SSSR count). The third-order valence-electron chi connectivity index (χ3n) is 4.38. The molecule has 30 heavy (non-hydrogen) atoms. The lowest BCUT2D eigenvalue weighted by molar-refractivity contribution is -0.118. The van der Waals surface area contributed by atoms with Gasteiger partial charge < -0.3 is 19.5 Å². The molecule has 0 aliphatic heterocycles. The fourth-order valence-corrected chi connectivity index (χ4v) is 3.57. The van der Waals surface area contributed by atoms with Crippen molar-refractivity contribution in [2.75, 3.05) is 33.6 Å². The smallest absolute Gasteiger partial charge is 0.230 e. The third-order valence-corrected chi connectivity index (χ3v) is 5.33. The van der Waals surface area contributed by atoms with E-state index >= 15 is 0 Å². The van der Waals surface area contributed by atoms with Crippen LogP contribution in [0.15, 0.2) is 53.9 Å². The average molecular weight is 429 g/mol. The molecule has 0 spiro atoms. The maximum absolute atomic E-state index is 12.2. The second-order valence-corrected chi connectivity index (χ2v) is 7.20. The van der Waals surface area contributed by atoms with Crippen LogP contribution in [0.5, 0.6) is 17.2 Å². The van der Waals surface area contributed by atoms with Gasteiger partial charge in [-0.2, -0.15) is 0 Å². The number of rotatable bonds is 10. The summed E-state index contributed by atoms with van der Waals surface area (Å²) < 4.78 is 17.6. The topological polar surface area (TPSA) is 87.5 Å². The summed E-state index contributed by atoms with van der Waals surface area (Å²) in [6.07, 6.45) is 2.32. The second kappa shape index (κ2) is 10.5. The SMILES string of the molecule is COc1ccc(-n2cnnc2SCC(=O)NCCc2ccc(OC)c(OC)c2)cc1. The van der Waals surface area contributed by atoms with Crippen molar-refractivity contribution in [2.45, 2.75) is 11.6 Å². The Morgan fingerprint density at radius 1 is 1.03 bits per heavy atom. The molecular formula is C21H24N4O4S. The summed E-state index contributed by atoms with van der Waals surface area (Å²) in [5.41, 5.74) is 1.96. The largest absolute Gasteiger partial charge is 0.497 e. The molecule has 3 aromatic rings. The Hall–Kier alpha value is -3.20. The van der Waals surface area contributed by atoms with Crippen LogP contribution >= 0.6 is 11.8 Å². The number of aromatic nitrogens is 3. The number of nitrogens with zero attached hydrogens (tertiary/aromatic N) is 3. The highest BCUT2D eigenvalue weighted by molar-refractivity contribution is 7.99. The molecule has 0 bridgehead atoms. The van der Waals surface area contributed by atoms with Gasteiger partial charge in [0.2, 0.25) is 5.91 Å². The Morgan fingerprint density at radius 3 is 2.50 bits per heavy atom. The normalized spacial score (nSPS) is 10.5. The van der Waals surface area contributed by atoms with E-state index in [4.69, 9.17) is 14.2 Å². The van der Waals surface area contributed by atoms with Crippen LogP contribution in [0.2, 0.25) is 0 Å². The van der Waals surface area contributed by atoms with Crippen molar-refractivity contribution < 1.29 is 19.0 Å². The Morgan fingerprint density at radius 2 is 1.80 bits per heavy atom. The van der Waals surface area contributed by atoms with Crippen LogP contribution in [0, 0.1) is 0 Å². The van der Waals surface area contributed by atoms with Crippen molar-refractivity contribution in [1.82, 2.24) is 20.1 Å². The fourth-order valence-electron chi connectivity index (χ4n) is 2.81. The Kier molecular flexibility index (Phi) is 7.56. The fraction of sp³-hybridized carbons (Fsp3) is 0.286. The summed E-state index contributed by atoms with van der Waals surface area (Å²) in [5.74, 6) is 2.32. The molecule has 2 aromatic carbocycles. The molecule has 0 aliphatic carbocycles. The molecule has 0 fully saturated rings. The zero-order chi connectivity index (χ0) is 21.3. The molecular weight excluding hydrogens is 404 g/mol. The highest BCUT2D eigenvalue weighted by Crippen LogP contribution is 2.27. The number of ether oxygens (including phenoxy) is 3. The van der Waals surface area contributed by atoms with E-state index in [1.165, 1.54) is 11.8 Å². The van der Waals surface area contributed by atoms with E-state index in [0.29, 0.717) is 29.6 Å². The van der Waals surface area contributed by atoms with E-state index in [1.54, 1.807) is 27.7 Å². The monoisotopic (exact) mass is 428 g/mol. The van der Waals surface area contributed by atoms with Gasteiger partial charge >= 0.3 is 0 Å². The van der Waals surface area contributed by atoms with Crippen LogP contribution in [-0.2, 0) is 11.2 Å². The van der Waals surface area contributed by atoms with Crippen molar-refractivity contribution in [3.05, 3.63) is 54.4 Å². The number of carbonyl (C=O) groups excluding carboxylic acids is 1. The van der Waals surface area contributed by atoms with Crippen molar-refractivity contribution >= 4 is 17.7 Å². The first-order chi connectivity index (χ1) is 14.6. The number of thioether (sulfide) groups is 1. The number of hydrogen-bond donors (Lipinski definition) is 1. The maximum atomic E-state index is 12.2. The molecule has 1 heterocycles. The van der Waals surface area contributed by atoms with Gasteiger partial charge in [-0.1, -0.05) is 17.8 Å². The summed E-state index contributed by atoms with van der Waals surface area (Å²) in [4.78, 5) is 12.2. The molecule has 8 nitrogen and oxygen atoms in total. The highest BCUT2D eigenvalue weighted by Gasteiger charge is 2.11. The third kappa shape index (κ3) is 5.44. The van der Waals surface area contributed by atoms with Crippen LogP contribution in [-0.4, -0.2) is 54.3 Å². The van der Waals surface area contributed by atoms with Crippen LogP contribution in [0.1, 0.15) is 5.56 Å². The van der Waals surface area contributed by atoms with E-state index in [0.717, 1.165) is 17.0 Å². The highest BCUT2D eigenvalue weighted by atomic mass is 32.2. The molecule has 0 radical (unpaired) electrons. The van der Waals surface area contributed by atoms with E-state index in [-0.39, 0.29) is 11.7 Å². The minimum Gasteiger partial charge on any atom is -0.497 e. The minimum atomic E-state index is -0.0650. The number of hydrogen-bond acceptors (Lipinski definition) is 7. The van der Waals surface area contributed by atoms with Gasteiger partial charge in [0.25, 0.3) is 0 Å². The molecule has 0 saturated heterocycles. The Balaban J connectivity index is 1.49. The quantitative estimate of drug-likeness (QED) is 0.497. The molecule has 0 aliphatic rings. The lowest BCUT2D eigenvalue weighted by Gasteiger charge is -2.10. The van der Waals surface area contributed by atoms with Crippen LogP contribution in [0.3, 0.4) is 0 Å². The zero-order valence-corrected chi connectivity index (χ0v) is 17.9. The molecule has 0 unspecified atom stereocenters. The van der Waals surface area contributed by atoms with Crippen molar-refractivity contribution in [3.8, 4) is 22.9 Å². The van der Waals surface area contributed by atoms with Crippen molar-refractivity contribution in [2.24, 2.45) is 0 Å². The van der Waals surface area contributed by atoms with E-state index < -0.39 is 0 Å². The molecule has 0 atom stereocenters.